The standard InChI is InChI=1S/C29H36N4O2/c1-3-30-19-23-17-26(31-20-23)28(34)12-6-4-5-9-22-13-15-33(16-14-22)29(35)18-24-21-32(2)27-11-8-7-10-25(24)27/h3,7-8,10-11,17,19-22,31H,1,4-6,9,12-16,18H2,2H3. The van der Waals surface area contributed by atoms with Crippen molar-refractivity contribution < 1.29 is 9.59 Å². The Morgan fingerprint density at radius 2 is 1.97 bits per heavy atom. The number of unbranched alkanes of at least 4 members (excludes halogenated alkanes) is 2. The van der Waals surface area contributed by atoms with Gasteiger partial charge in [0.2, 0.25) is 5.91 Å². The summed E-state index contributed by atoms with van der Waals surface area (Å²) in [6.45, 7) is 5.27. The second-order valence-corrected chi connectivity index (χ2v) is 9.61. The Labute approximate surface area is 207 Å². The van der Waals surface area contributed by atoms with Crippen LogP contribution in [0, 0.1) is 5.92 Å². The number of hydrogen-bond donors (Lipinski definition) is 1. The minimum Gasteiger partial charge on any atom is -0.358 e. The molecule has 4 rings (SSSR count). The molecule has 1 amide bonds. The molecule has 6 heteroatoms. The summed E-state index contributed by atoms with van der Waals surface area (Å²) >= 11 is 0. The smallest absolute Gasteiger partial charge is 0.227 e. The quantitative estimate of drug-likeness (QED) is 0.221. The van der Waals surface area contributed by atoms with E-state index < -0.39 is 0 Å². The van der Waals surface area contributed by atoms with Crippen LogP contribution < -0.4 is 0 Å². The molecule has 0 saturated carbocycles. The zero-order chi connectivity index (χ0) is 24.6. The number of aromatic amines is 1. The summed E-state index contributed by atoms with van der Waals surface area (Å²) < 4.78 is 2.10. The summed E-state index contributed by atoms with van der Waals surface area (Å²) in [7, 11) is 2.04. The second kappa shape index (κ2) is 11.8. The van der Waals surface area contributed by atoms with Crippen molar-refractivity contribution in [2.24, 2.45) is 18.0 Å². The fourth-order valence-electron chi connectivity index (χ4n) is 5.13. The van der Waals surface area contributed by atoms with Crippen LogP contribution in [0.25, 0.3) is 10.9 Å². The van der Waals surface area contributed by atoms with E-state index in [9.17, 15) is 9.59 Å². The SMILES string of the molecule is C=CN=Cc1c[nH]c(C(=O)CCCCCC2CCN(C(=O)Cc3cn(C)c4ccccc34)CC2)c1. The predicted molar refractivity (Wildman–Crippen MR) is 142 cm³/mol. The number of Topliss-reactive ketones (excluding diaryl/α,β-unsaturated/α-hetero) is 1. The fraction of sp³-hybridized carbons (Fsp3) is 0.414. The molecule has 0 aliphatic carbocycles. The Hall–Kier alpha value is -3.41. The number of hydrogen-bond acceptors (Lipinski definition) is 3. The maximum absolute atomic E-state index is 12.9. The van der Waals surface area contributed by atoms with Crippen LogP contribution in [0.4, 0.5) is 0 Å². The molecule has 2 aromatic heterocycles. The molecule has 3 heterocycles. The van der Waals surface area contributed by atoms with Crippen LogP contribution in [0.3, 0.4) is 0 Å². The van der Waals surface area contributed by atoms with E-state index in [1.165, 1.54) is 23.5 Å². The van der Waals surface area contributed by atoms with Gasteiger partial charge in [0.25, 0.3) is 0 Å². The highest BCUT2D eigenvalue weighted by atomic mass is 16.2. The number of aryl methyl sites for hydroxylation is 1. The summed E-state index contributed by atoms with van der Waals surface area (Å²) in [5.74, 6) is 1.07. The number of H-pyrrole nitrogens is 1. The Morgan fingerprint density at radius 3 is 2.77 bits per heavy atom. The minimum absolute atomic E-state index is 0.154. The molecule has 1 aliphatic heterocycles. The summed E-state index contributed by atoms with van der Waals surface area (Å²) in [6.07, 6.45) is 14.6. The number of likely N-dealkylation sites (tertiary alicyclic amines) is 1. The van der Waals surface area contributed by atoms with Gasteiger partial charge in [0.05, 0.1) is 12.1 Å². The van der Waals surface area contributed by atoms with Crippen molar-refractivity contribution in [3.63, 3.8) is 0 Å². The first-order chi connectivity index (χ1) is 17.0. The zero-order valence-electron chi connectivity index (χ0n) is 20.7. The maximum Gasteiger partial charge on any atom is 0.227 e. The summed E-state index contributed by atoms with van der Waals surface area (Å²) in [5.41, 5.74) is 3.82. The first kappa shape index (κ1) is 24.7. The Bertz CT molecular complexity index is 1190. The third-order valence-corrected chi connectivity index (χ3v) is 7.14. The molecule has 1 N–H and O–H groups in total. The molecule has 0 spiro atoms. The topological polar surface area (TPSA) is 70.5 Å². The molecule has 184 valence electrons. The van der Waals surface area contributed by atoms with Gasteiger partial charge in [-0.3, -0.25) is 14.6 Å². The van der Waals surface area contributed by atoms with Gasteiger partial charge >= 0.3 is 0 Å². The number of aliphatic imine (C=N–C) groups is 1. The lowest BCUT2D eigenvalue weighted by Gasteiger charge is -2.32. The van der Waals surface area contributed by atoms with E-state index in [1.54, 1.807) is 12.4 Å². The molecule has 1 aliphatic rings. The van der Waals surface area contributed by atoms with E-state index >= 15 is 0 Å². The van der Waals surface area contributed by atoms with Crippen molar-refractivity contribution in [2.75, 3.05) is 13.1 Å². The number of piperidine rings is 1. The highest BCUT2D eigenvalue weighted by molar-refractivity contribution is 5.96. The molecule has 35 heavy (non-hydrogen) atoms. The minimum atomic E-state index is 0.154. The van der Waals surface area contributed by atoms with Crippen LogP contribution in [0.2, 0.25) is 0 Å². The number of nitrogens with one attached hydrogen (secondary N) is 1. The number of nitrogens with zero attached hydrogens (tertiary/aromatic N) is 3. The van der Waals surface area contributed by atoms with Crippen molar-refractivity contribution >= 4 is 28.8 Å². The number of fused-ring (bicyclic) bond motifs is 1. The number of rotatable bonds is 11. The van der Waals surface area contributed by atoms with Crippen molar-refractivity contribution in [2.45, 2.75) is 51.4 Å². The van der Waals surface area contributed by atoms with Gasteiger partial charge in [-0.25, -0.2) is 0 Å². The van der Waals surface area contributed by atoms with Gasteiger partial charge in [0.1, 0.15) is 0 Å². The van der Waals surface area contributed by atoms with Gasteiger partial charge in [0.15, 0.2) is 5.78 Å². The summed E-state index contributed by atoms with van der Waals surface area (Å²) in [6, 6.07) is 10.1. The average Bonchev–Trinajstić information content (AvgIpc) is 3.48. The molecule has 1 fully saturated rings. The lowest BCUT2D eigenvalue weighted by atomic mass is 9.90. The van der Waals surface area contributed by atoms with Crippen LogP contribution in [0.1, 0.15) is 66.6 Å². The average molecular weight is 473 g/mol. The van der Waals surface area contributed by atoms with E-state index in [4.69, 9.17) is 0 Å². The molecule has 0 radical (unpaired) electrons. The Balaban J connectivity index is 1.13. The van der Waals surface area contributed by atoms with Gasteiger partial charge in [-0.1, -0.05) is 44.0 Å². The van der Waals surface area contributed by atoms with Gasteiger partial charge in [-0.05, 0) is 42.9 Å². The Kier molecular flexibility index (Phi) is 8.35. The number of carbonyl (C=O) groups excluding carboxylic acids is 2. The van der Waals surface area contributed by atoms with Gasteiger partial charge in [-0.15, -0.1) is 0 Å². The second-order valence-electron chi connectivity index (χ2n) is 9.61. The fourth-order valence-corrected chi connectivity index (χ4v) is 5.13. The summed E-state index contributed by atoms with van der Waals surface area (Å²) in [4.78, 5) is 34.4. The number of para-hydroxylation sites is 1. The molecule has 1 aromatic carbocycles. The molecular weight excluding hydrogens is 436 g/mol. The molecule has 0 unspecified atom stereocenters. The van der Waals surface area contributed by atoms with Crippen LogP contribution in [-0.4, -0.2) is 45.4 Å². The first-order valence-corrected chi connectivity index (χ1v) is 12.7. The highest BCUT2D eigenvalue weighted by Crippen LogP contribution is 2.25. The first-order valence-electron chi connectivity index (χ1n) is 12.7. The third kappa shape index (κ3) is 6.38. The van der Waals surface area contributed by atoms with E-state index in [1.807, 2.05) is 30.1 Å². The van der Waals surface area contributed by atoms with Crippen molar-refractivity contribution in [1.82, 2.24) is 14.5 Å². The Morgan fingerprint density at radius 1 is 1.17 bits per heavy atom. The largest absolute Gasteiger partial charge is 0.358 e. The van der Waals surface area contributed by atoms with Crippen LogP contribution in [-0.2, 0) is 18.3 Å². The lowest BCUT2D eigenvalue weighted by Crippen LogP contribution is -2.39. The van der Waals surface area contributed by atoms with Crippen LogP contribution in [0.5, 0.6) is 0 Å². The van der Waals surface area contributed by atoms with E-state index in [-0.39, 0.29) is 11.7 Å². The van der Waals surface area contributed by atoms with Gasteiger partial charge in [0, 0.05) is 67.8 Å². The molecule has 1 saturated heterocycles. The predicted octanol–water partition coefficient (Wildman–Crippen LogP) is 5.68. The lowest BCUT2D eigenvalue weighted by molar-refractivity contribution is -0.131. The monoisotopic (exact) mass is 472 g/mol. The van der Waals surface area contributed by atoms with E-state index in [2.05, 4.69) is 39.5 Å². The number of carbonyl (C=O) groups is 2. The normalized spacial score (nSPS) is 14.7. The molecular formula is C29H36N4O2. The van der Waals surface area contributed by atoms with Crippen molar-refractivity contribution in [3.8, 4) is 0 Å². The molecule has 6 nitrogen and oxygen atoms in total. The molecule has 3 aromatic rings. The zero-order valence-corrected chi connectivity index (χ0v) is 20.7. The number of aromatic nitrogens is 2. The number of amides is 1. The number of benzene rings is 1. The third-order valence-electron chi connectivity index (χ3n) is 7.14. The molecule has 0 atom stereocenters. The van der Waals surface area contributed by atoms with Gasteiger partial charge in [-0.2, -0.15) is 0 Å². The number of ketones is 1. The van der Waals surface area contributed by atoms with Crippen molar-refractivity contribution in [3.05, 3.63) is 72.3 Å². The van der Waals surface area contributed by atoms with Crippen molar-refractivity contribution in [1.29, 1.82) is 0 Å². The highest BCUT2D eigenvalue weighted by Gasteiger charge is 2.23. The van der Waals surface area contributed by atoms with Gasteiger partial charge < -0.3 is 14.5 Å². The van der Waals surface area contributed by atoms with Crippen LogP contribution in [0.15, 0.2) is 60.5 Å². The van der Waals surface area contributed by atoms with E-state index in [0.29, 0.717) is 24.5 Å². The summed E-state index contributed by atoms with van der Waals surface area (Å²) in [5, 5.41) is 1.18. The van der Waals surface area contributed by atoms with Crippen LogP contribution >= 0.6 is 0 Å². The maximum atomic E-state index is 12.9. The van der Waals surface area contributed by atoms with E-state index in [0.717, 1.165) is 56.3 Å². The molecule has 0 bridgehead atoms.